The lowest BCUT2D eigenvalue weighted by Crippen LogP contribution is -2.22. The largest absolute Gasteiger partial charge is 0.337 e. The molecule has 0 fully saturated rings. The Morgan fingerprint density at radius 2 is 2.06 bits per heavy atom. The molecule has 1 aromatic heterocycles. The molecule has 1 heterocycles. The summed E-state index contributed by atoms with van der Waals surface area (Å²) in [5, 5.41) is 3.46. The highest BCUT2D eigenvalue weighted by Crippen LogP contribution is 2.21. The van der Waals surface area contributed by atoms with Crippen molar-refractivity contribution in [1.29, 1.82) is 0 Å². The van der Waals surface area contributed by atoms with Crippen LogP contribution in [0.15, 0.2) is 36.8 Å². The average molecular weight is 243 g/mol. The molecule has 0 aliphatic rings. The molecule has 2 aromatic rings. The number of nitrogens with zero attached hydrogens (tertiary/aromatic N) is 2. The van der Waals surface area contributed by atoms with Crippen LogP contribution in [0.4, 0.5) is 0 Å². The van der Waals surface area contributed by atoms with Crippen molar-refractivity contribution in [3.05, 3.63) is 42.4 Å². The van der Waals surface area contributed by atoms with Crippen molar-refractivity contribution in [3.8, 4) is 11.3 Å². The first kappa shape index (κ1) is 12.8. The molecule has 0 atom stereocenters. The third-order valence-electron chi connectivity index (χ3n) is 2.99. The predicted molar refractivity (Wildman–Crippen MR) is 75.3 cm³/mol. The molecular weight excluding hydrogens is 222 g/mol. The molecule has 0 saturated carbocycles. The maximum Gasteiger partial charge on any atom is 0.0953 e. The molecule has 96 valence electrons. The molecule has 0 radical (unpaired) electrons. The van der Waals surface area contributed by atoms with E-state index >= 15 is 0 Å². The molecule has 0 bridgehead atoms. The molecule has 0 saturated heterocycles. The number of aromatic nitrogens is 2. The second kappa shape index (κ2) is 5.83. The predicted octanol–water partition coefficient (Wildman–Crippen LogP) is 3.07. The van der Waals surface area contributed by atoms with Gasteiger partial charge in [0.1, 0.15) is 0 Å². The van der Waals surface area contributed by atoms with Crippen LogP contribution >= 0.6 is 0 Å². The van der Waals surface area contributed by atoms with Gasteiger partial charge in [-0.1, -0.05) is 38.1 Å². The first-order chi connectivity index (χ1) is 8.70. The molecule has 2 rings (SSSR count). The molecule has 0 amide bonds. The average Bonchev–Trinajstić information content (AvgIpc) is 2.85. The second-order valence-corrected chi connectivity index (χ2v) is 4.78. The molecule has 0 aliphatic heterocycles. The van der Waals surface area contributed by atoms with Crippen molar-refractivity contribution < 1.29 is 0 Å². The fourth-order valence-electron chi connectivity index (χ4n) is 1.91. The normalized spacial score (nSPS) is 11.1. The Morgan fingerprint density at radius 1 is 1.28 bits per heavy atom. The first-order valence-electron chi connectivity index (χ1n) is 6.54. The maximum atomic E-state index is 4.48. The van der Waals surface area contributed by atoms with Crippen molar-refractivity contribution >= 4 is 0 Å². The van der Waals surface area contributed by atoms with Gasteiger partial charge in [-0.15, -0.1) is 0 Å². The number of aryl methyl sites for hydroxylation is 1. The molecule has 18 heavy (non-hydrogen) atoms. The monoisotopic (exact) mass is 243 g/mol. The molecule has 0 aliphatic carbocycles. The summed E-state index contributed by atoms with van der Waals surface area (Å²) in [6.07, 6.45) is 4.00. The number of benzene rings is 1. The maximum absolute atomic E-state index is 4.48. The Bertz CT molecular complexity index is 500. The quantitative estimate of drug-likeness (QED) is 0.874. The number of nitrogens with one attached hydrogen (secondary N) is 1. The lowest BCUT2D eigenvalue weighted by molar-refractivity contribution is 0.589. The van der Waals surface area contributed by atoms with Crippen LogP contribution in [0, 0.1) is 0 Å². The zero-order valence-electron chi connectivity index (χ0n) is 11.4. The van der Waals surface area contributed by atoms with Crippen LogP contribution < -0.4 is 5.32 Å². The van der Waals surface area contributed by atoms with E-state index in [0.29, 0.717) is 6.04 Å². The van der Waals surface area contributed by atoms with E-state index in [9.17, 15) is 0 Å². The second-order valence-electron chi connectivity index (χ2n) is 4.78. The van der Waals surface area contributed by atoms with E-state index in [4.69, 9.17) is 0 Å². The van der Waals surface area contributed by atoms with Crippen LogP contribution in [0.2, 0.25) is 0 Å². The van der Waals surface area contributed by atoms with Gasteiger partial charge >= 0.3 is 0 Å². The smallest absolute Gasteiger partial charge is 0.0953 e. The minimum absolute atomic E-state index is 0.492. The fourth-order valence-corrected chi connectivity index (χ4v) is 1.91. The van der Waals surface area contributed by atoms with Gasteiger partial charge in [0, 0.05) is 30.9 Å². The van der Waals surface area contributed by atoms with Gasteiger partial charge in [0.15, 0.2) is 0 Å². The van der Waals surface area contributed by atoms with Gasteiger partial charge in [0.05, 0.1) is 12.0 Å². The van der Waals surface area contributed by atoms with E-state index in [0.717, 1.165) is 18.8 Å². The Balaban J connectivity index is 2.26. The summed E-state index contributed by atoms with van der Waals surface area (Å²) in [5.74, 6) is 0. The van der Waals surface area contributed by atoms with Crippen LogP contribution in [0.25, 0.3) is 11.3 Å². The van der Waals surface area contributed by atoms with Gasteiger partial charge in [0.25, 0.3) is 0 Å². The van der Waals surface area contributed by atoms with E-state index < -0.39 is 0 Å². The first-order valence-corrected chi connectivity index (χ1v) is 6.54. The topological polar surface area (TPSA) is 29.9 Å². The van der Waals surface area contributed by atoms with Crippen molar-refractivity contribution in [1.82, 2.24) is 14.9 Å². The minimum Gasteiger partial charge on any atom is -0.337 e. The SMILES string of the molecule is CCn1cnc(-c2ccccc2CNC(C)C)c1. The Labute approximate surface area is 109 Å². The molecule has 3 nitrogen and oxygen atoms in total. The molecule has 0 unspecified atom stereocenters. The van der Waals surface area contributed by atoms with E-state index in [2.05, 4.69) is 66.1 Å². The van der Waals surface area contributed by atoms with Gasteiger partial charge in [-0.2, -0.15) is 0 Å². The molecule has 3 heteroatoms. The summed E-state index contributed by atoms with van der Waals surface area (Å²) in [5.41, 5.74) is 3.57. The third-order valence-corrected chi connectivity index (χ3v) is 2.99. The lowest BCUT2D eigenvalue weighted by atomic mass is 10.0. The number of rotatable bonds is 5. The van der Waals surface area contributed by atoms with Gasteiger partial charge in [0.2, 0.25) is 0 Å². The van der Waals surface area contributed by atoms with Crippen LogP contribution in [-0.2, 0) is 13.1 Å². The molecule has 1 aromatic carbocycles. The van der Waals surface area contributed by atoms with Crippen LogP contribution in [0.3, 0.4) is 0 Å². The molecular formula is C15H21N3. The van der Waals surface area contributed by atoms with Crippen molar-refractivity contribution in [2.45, 2.75) is 39.9 Å². The zero-order valence-corrected chi connectivity index (χ0v) is 11.4. The third kappa shape index (κ3) is 2.99. The summed E-state index contributed by atoms with van der Waals surface area (Å²) in [6.45, 7) is 8.28. The van der Waals surface area contributed by atoms with Crippen LogP contribution in [0.5, 0.6) is 0 Å². The highest BCUT2D eigenvalue weighted by Gasteiger charge is 2.07. The highest BCUT2D eigenvalue weighted by molar-refractivity contribution is 5.62. The lowest BCUT2D eigenvalue weighted by Gasteiger charge is -2.11. The number of hydrogen-bond donors (Lipinski definition) is 1. The van der Waals surface area contributed by atoms with Crippen molar-refractivity contribution in [2.75, 3.05) is 0 Å². The number of hydrogen-bond acceptors (Lipinski definition) is 2. The zero-order chi connectivity index (χ0) is 13.0. The van der Waals surface area contributed by atoms with E-state index in [1.807, 2.05) is 6.33 Å². The van der Waals surface area contributed by atoms with Crippen molar-refractivity contribution in [2.24, 2.45) is 0 Å². The Morgan fingerprint density at radius 3 is 2.72 bits per heavy atom. The van der Waals surface area contributed by atoms with Gasteiger partial charge in [-0.25, -0.2) is 4.98 Å². The summed E-state index contributed by atoms with van der Waals surface area (Å²) < 4.78 is 2.10. The number of imidazole rings is 1. The Kier molecular flexibility index (Phi) is 4.15. The van der Waals surface area contributed by atoms with E-state index in [1.54, 1.807) is 0 Å². The molecule has 1 N–H and O–H groups in total. The summed E-state index contributed by atoms with van der Waals surface area (Å²) in [4.78, 5) is 4.48. The van der Waals surface area contributed by atoms with Crippen LogP contribution in [-0.4, -0.2) is 15.6 Å². The summed E-state index contributed by atoms with van der Waals surface area (Å²) >= 11 is 0. The van der Waals surface area contributed by atoms with Gasteiger partial charge in [-0.3, -0.25) is 0 Å². The molecule has 0 spiro atoms. The van der Waals surface area contributed by atoms with E-state index in [1.165, 1.54) is 11.1 Å². The van der Waals surface area contributed by atoms with Gasteiger partial charge < -0.3 is 9.88 Å². The van der Waals surface area contributed by atoms with Gasteiger partial charge in [-0.05, 0) is 12.5 Å². The minimum atomic E-state index is 0.492. The summed E-state index contributed by atoms with van der Waals surface area (Å²) in [7, 11) is 0. The van der Waals surface area contributed by atoms with Crippen molar-refractivity contribution in [3.63, 3.8) is 0 Å². The van der Waals surface area contributed by atoms with Crippen LogP contribution in [0.1, 0.15) is 26.3 Å². The standard InChI is InChI=1S/C15H21N3/c1-4-18-10-15(17-11-18)14-8-6-5-7-13(14)9-16-12(2)3/h5-8,10-12,16H,4,9H2,1-3H3. The Hall–Kier alpha value is -1.61. The van der Waals surface area contributed by atoms with E-state index in [-0.39, 0.29) is 0 Å². The highest BCUT2D eigenvalue weighted by atomic mass is 15.0. The fraction of sp³-hybridized carbons (Fsp3) is 0.400. The summed E-state index contributed by atoms with van der Waals surface area (Å²) in [6, 6.07) is 8.94.